The second-order valence-corrected chi connectivity index (χ2v) is 4.43. The number of carboxylic acid groups (broad SMARTS) is 1. The smallest absolute Gasteiger partial charge is 0.338 e. The van der Waals surface area contributed by atoms with Gasteiger partial charge in [0.2, 0.25) is 0 Å². The molecule has 3 N–H and O–H groups in total. The zero-order chi connectivity index (χ0) is 13.9. The third-order valence-electron chi connectivity index (χ3n) is 2.17. The summed E-state index contributed by atoms with van der Waals surface area (Å²) in [5, 5.41) is 32.0. The van der Waals surface area contributed by atoms with Crippen molar-refractivity contribution in [1.29, 1.82) is 0 Å². The number of aliphatic hydroxyl groups is 1. The molecule has 0 aromatic heterocycles. The van der Waals surface area contributed by atoms with E-state index in [4.69, 9.17) is 5.11 Å². The van der Waals surface area contributed by atoms with Crippen LogP contribution < -0.4 is 5.32 Å². The number of nitrogens with zero attached hydrogens (tertiary/aromatic N) is 1. The van der Waals surface area contributed by atoms with Crippen molar-refractivity contribution in [2.45, 2.75) is 19.4 Å². The van der Waals surface area contributed by atoms with Gasteiger partial charge >= 0.3 is 5.97 Å². The molecule has 18 heavy (non-hydrogen) atoms. The number of nitrogens with one attached hydrogen (secondary N) is 1. The number of hydrogen-bond acceptors (Lipinski definition) is 5. The summed E-state index contributed by atoms with van der Waals surface area (Å²) in [7, 11) is 0. The van der Waals surface area contributed by atoms with Crippen LogP contribution in [0.4, 0.5) is 11.4 Å². The molecule has 0 amide bonds. The van der Waals surface area contributed by atoms with E-state index in [0.717, 1.165) is 0 Å². The number of carboxylic acids is 1. The molecule has 0 bridgehead atoms. The van der Waals surface area contributed by atoms with Crippen LogP contribution in [-0.2, 0) is 0 Å². The molecule has 0 spiro atoms. The fourth-order valence-electron chi connectivity index (χ4n) is 1.36. The highest BCUT2D eigenvalue weighted by atomic mass is 16.6. The van der Waals surface area contributed by atoms with Crippen LogP contribution in [0.2, 0.25) is 0 Å². The molecule has 7 nitrogen and oxygen atoms in total. The first kappa shape index (κ1) is 13.9. The van der Waals surface area contributed by atoms with Gasteiger partial charge in [0.05, 0.1) is 16.1 Å². The molecule has 0 fully saturated rings. The first-order valence-corrected chi connectivity index (χ1v) is 5.19. The Bertz CT molecular complexity index is 447. The minimum Gasteiger partial charge on any atom is -0.478 e. The number of rotatable bonds is 5. The molecule has 0 aliphatic heterocycles. The summed E-state index contributed by atoms with van der Waals surface area (Å²) in [5.41, 5.74) is -1.75. The first-order chi connectivity index (χ1) is 8.22. The lowest BCUT2D eigenvalue weighted by Crippen LogP contribution is -2.30. The van der Waals surface area contributed by atoms with Crippen LogP contribution in [0, 0.1) is 10.1 Å². The van der Waals surface area contributed by atoms with Crippen LogP contribution in [0.3, 0.4) is 0 Å². The second kappa shape index (κ2) is 5.01. The highest BCUT2D eigenvalue weighted by molar-refractivity contribution is 5.96. The number of para-hydroxylation sites is 1. The topological polar surface area (TPSA) is 113 Å². The molecule has 0 unspecified atom stereocenters. The minimum absolute atomic E-state index is 0.00185. The predicted molar refractivity (Wildman–Crippen MR) is 64.8 cm³/mol. The van der Waals surface area contributed by atoms with Gasteiger partial charge in [-0.3, -0.25) is 10.1 Å². The van der Waals surface area contributed by atoms with E-state index in [0.29, 0.717) is 0 Å². The van der Waals surface area contributed by atoms with Crippen LogP contribution in [-0.4, -0.2) is 33.3 Å². The van der Waals surface area contributed by atoms with Crippen molar-refractivity contribution in [3.63, 3.8) is 0 Å². The molecular weight excluding hydrogens is 240 g/mol. The van der Waals surface area contributed by atoms with Crippen molar-refractivity contribution in [2.75, 3.05) is 11.9 Å². The average Bonchev–Trinajstić information content (AvgIpc) is 2.24. The van der Waals surface area contributed by atoms with Gasteiger partial charge in [-0.2, -0.15) is 0 Å². The van der Waals surface area contributed by atoms with Gasteiger partial charge in [0.25, 0.3) is 5.69 Å². The summed E-state index contributed by atoms with van der Waals surface area (Å²) in [6.45, 7) is 3.02. The Labute approximate surface area is 103 Å². The van der Waals surface area contributed by atoms with Gasteiger partial charge in [-0.05, 0) is 19.9 Å². The number of nitro benzene ring substituents is 1. The maximum atomic E-state index is 11.0. The Morgan fingerprint density at radius 1 is 1.50 bits per heavy atom. The third kappa shape index (κ3) is 3.42. The molecule has 1 aromatic rings. The molecule has 1 rings (SSSR count). The van der Waals surface area contributed by atoms with E-state index in [9.17, 15) is 20.0 Å². The Morgan fingerprint density at radius 3 is 2.56 bits per heavy atom. The molecule has 0 saturated heterocycles. The number of benzene rings is 1. The van der Waals surface area contributed by atoms with Gasteiger partial charge < -0.3 is 15.5 Å². The predicted octanol–water partition coefficient (Wildman–Crippen LogP) is 1.48. The fourth-order valence-corrected chi connectivity index (χ4v) is 1.36. The second-order valence-electron chi connectivity index (χ2n) is 4.43. The Hall–Kier alpha value is -2.15. The molecular formula is C11H14N2O5. The maximum Gasteiger partial charge on any atom is 0.338 e. The Morgan fingerprint density at radius 2 is 2.11 bits per heavy atom. The van der Waals surface area contributed by atoms with Crippen LogP contribution in [0.5, 0.6) is 0 Å². The molecule has 1 aromatic carbocycles. The lowest BCUT2D eigenvalue weighted by atomic mass is 10.1. The highest BCUT2D eigenvalue weighted by Crippen LogP contribution is 2.28. The quantitative estimate of drug-likeness (QED) is 0.541. The molecule has 0 aliphatic carbocycles. The number of anilines is 1. The fraction of sp³-hybridized carbons (Fsp3) is 0.364. The van der Waals surface area contributed by atoms with E-state index >= 15 is 0 Å². The number of aromatic carboxylic acids is 1. The van der Waals surface area contributed by atoms with Gasteiger partial charge in [-0.15, -0.1) is 0 Å². The molecule has 0 atom stereocenters. The van der Waals surface area contributed by atoms with Gasteiger partial charge in [-0.25, -0.2) is 4.79 Å². The molecule has 0 heterocycles. The van der Waals surface area contributed by atoms with Gasteiger partial charge in [0, 0.05) is 12.6 Å². The van der Waals surface area contributed by atoms with E-state index in [-0.39, 0.29) is 23.5 Å². The summed E-state index contributed by atoms with van der Waals surface area (Å²) in [6.07, 6.45) is 0. The van der Waals surface area contributed by atoms with Crippen molar-refractivity contribution >= 4 is 17.3 Å². The SMILES string of the molecule is CC(C)(O)CNc1c(C(=O)O)cccc1[N+](=O)[O-]. The van der Waals surface area contributed by atoms with E-state index in [2.05, 4.69) is 5.32 Å². The summed E-state index contributed by atoms with van der Waals surface area (Å²) in [4.78, 5) is 21.2. The largest absolute Gasteiger partial charge is 0.478 e. The van der Waals surface area contributed by atoms with Crippen molar-refractivity contribution in [3.05, 3.63) is 33.9 Å². The van der Waals surface area contributed by atoms with Crippen molar-refractivity contribution in [2.24, 2.45) is 0 Å². The molecule has 0 radical (unpaired) electrons. The minimum atomic E-state index is -1.27. The van der Waals surface area contributed by atoms with Crippen LogP contribution in [0.25, 0.3) is 0 Å². The van der Waals surface area contributed by atoms with Gasteiger partial charge in [-0.1, -0.05) is 6.07 Å². The first-order valence-electron chi connectivity index (χ1n) is 5.19. The lowest BCUT2D eigenvalue weighted by Gasteiger charge is -2.19. The van der Waals surface area contributed by atoms with E-state index in [1.807, 2.05) is 0 Å². The lowest BCUT2D eigenvalue weighted by molar-refractivity contribution is -0.384. The summed E-state index contributed by atoms with van der Waals surface area (Å²) >= 11 is 0. The molecule has 7 heteroatoms. The number of hydrogen-bond donors (Lipinski definition) is 3. The molecule has 0 aliphatic rings. The summed E-state index contributed by atoms with van der Waals surface area (Å²) in [5.74, 6) is -1.27. The van der Waals surface area contributed by atoms with Crippen molar-refractivity contribution in [1.82, 2.24) is 0 Å². The average molecular weight is 254 g/mol. The van der Waals surface area contributed by atoms with E-state index in [1.165, 1.54) is 32.0 Å². The van der Waals surface area contributed by atoms with Crippen LogP contribution >= 0.6 is 0 Å². The standard InChI is InChI=1S/C11H14N2O5/c1-11(2,16)6-12-9-7(10(14)15)4-3-5-8(9)13(17)18/h3-5,12,16H,6H2,1-2H3,(H,14,15). The molecule has 98 valence electrons. The van der Waals surface area contributed by atoms with E-state index in [1.54, 1.807) is 0 Å². The third-order valence-corrected chi connectivity index (χ3v) is 2.17. The van der Waals surface area contributed by atoms with Crippen LogP contribution in [0.1, 0.15) is 24.2 Å². The summed E-state index contributed by atoms with van der Waals surface area (Å²) < 4.78 is 0. The van der Waals surface area contributed by atoms with E-state index < -0.39 is 16.5 Å². The Kier molecular flexibility index (Phi) is 3.87. The number of nitro groups is 1. The van der Waals surface area contributed by atoms with Crippen LogP contribution in [0.15, 0.2) is 18.2 Å². The van der Waals surface area contributed by atoms with Gasteiger partial charge in [0.15, 0.2) is 0 Å². The Balaban J connectivity index is 3.19. The monoisotopic (exact) mass is 254 g/mol. The van der Waals surface area contributed by atoms with Crippen molar-refractivity contribution in [3.8, 4) is 0 Å². The zero-order valence-corrected chi connectivity index (χ0v) is 10.0. The van der Waals surface area contributed by atoms with Gasteiger partial charge in [0.1, 0.15) is 5.69 Å². The number of carbonyl (C=O) groups is 1. The summed E-state index contributed by atoms with van der Waals surface area (Å²) in [6, 6.07) is 3.78. The van der Waals surface area contributed by atoms with Crippen molar-refractivity contribution < 1.29 is 19.9 Å². The highest BCUT2D eigenvalue weighted by Gasteiger charge is 2.23. The zero-order valence-electron chi connectivity index (χ0n) is 10.0. The molecule has 0 saturated carbocycles. The normalized spacial score (nSPS) is 11.1. The maximum absolute atomic E-state index is 11.0.